The van der Waals surface area contributed by atoms with E-state index in [1.165, 1.54) is 0 Å². The first kappa shape index (κ1) is 14.5. The Balaban J connectivity index is 2.76. The molecule has 22 heavy (non-hydrogen) atoms. The first-order valence-corrected chi connectivity index (χ1v) is 5.51. The summed E-state index contributed by atoms with van der Waals surface area (Å²) in [6, 6.07) is 4.90. The Morgan fingerprint density at radius 3 is 2.23 bits per heavy atom. The standard InChI is InChI=1S/C12H5N5O5/c13-3-6-7(4-14)16-12(20)10(15-6)5-1-8(17(21)22)11(19)9(18)2-5/h1-2,18-19H,(H,16,20). The SMILES string of the molecule is N#Cc1nc(O)c(-c2cc(O)c(O)c([N+](=O)[O-])c2)nc1C#N. The van der Waals surface area contributed by atoms with Gasteiger partial charge in [-0.1, -0.05) is 0 Å². The fourth-order valence-corrected chi connectivity index (χ4v) is 1.66. The topological polar surface area (TPSA) is 177 Å². The average Bonchev–Trinajstić information content (AvgIpc) is 2.49. The summed E-state index contributed by atoms with van der Waals surface area (Å²) in [5.41, 5.74) is -2.15. The van der Waals surface area contributed by atoms with Gasteiger partial charge in [0.25, 0.3) is 0 Å². The van der Waals surface area contributed by atoms with Crippen LogP contribution in [-0.2, 0) is 0 Å². The maximum Gasteiger partial charge on any atom is 0.315 e. The van der Waals surface area contributed by atoms with Gasteiger partial charge in [-0.05, 0) is 6.07 Å². The summed E-state index contributed by atoms with van der Waals surface area (Å²) < 4.78 is 0. The molecule has 0 saturated carbocycles. The van der Waals surface area contributed by atoms with Crippen LogP contribution >= 0.6 is 0 Å². The van der Waals surface area contributed by atoms with Crippen LogP contribution < -0.4 is 0 Å². The Kier molecular flexibility index (Phi) is 3.44. The Hall–Kier alpha value is -3.92. The molecular formula is C12H5N5O5. The normalized spacial score (nSPS) is 9.73. The number of nitro benzene ring substituents is 1. The Morgan fingerprint density at radius 1 is 1.09 bits per heavy atom. The van der Waals surface area contributed by atoms with E-state index < -0.39 is 39.4 Å². The molecule has 0 aliphatic rings. The minimum atomic E-state index is -0.949. The van der Waals surface area contributed by atoms with Crippen molar-refractivity contribution in [1.29, 1.82) is 10.5 Å². The monoisotopic (exact) mass is 299 g/mol. The molecule has 0 aliphatic heterocycles. The van der Waals surface area contributed by atoms with Gasteiger partial charge in [-0.15, -0.1) is 0 Å². The highest BCUT2D eigenvalue weighted by atomic mass is 16.6. The van der Waals surface area contributed by atoms with Gasteiger partial charge in [0.05, 0.1) is 4.92 Å². The molecule has 0 unspecified atom stereocenters. The van der Waals surface area contributed by atoms with Crippen LogP contribution in [0.15, 0.2) is 12.1 Å². The first-order chi connectivity index (χ1) is 10.4. The zero-order valence-corrected chi connectivity index (χ0v) is 10.5. The molecule has 0 spiro atoms. The number of aromatic nitrogens is 2. The molecule has 1 heterocycles. The maximum atomic E-state index is 10.8. The van der Waals surface area contributed by atoms with E-state index in [0.717, 1.165) is 12.1 Å². The van der Waals surface area contributed by atoms with Crippen LogP contribution in [0.25, 0.3) is 11.3 Å². The summed E-state index contributed by atoms with van der Waals surface area (Å²) in [6.45, 7) is 0. The molecule has 108 valence electrons. The summed E-state index contributed by atoms with van der Waals surface area (Å²) in [4.78, 5) is 17.0. The largest absolute Gasteiger partial charge is 0.504 e. The van der Waals surface area contributed by atoms with Crippen LogP contribution in [0.4, 0.5) is 5.69 Å². The maximum absolute atomic E-state index is 10.8. The molecule has 1 aromatic carbocycles. The van der Waals surface area contributed by atoms with E-state index in [2.05, 4.69) is 9.97 Å². The molecule has 0 atom stereocenters. The smallest absolute Gasteiger partial charge is 0.315 e. The van der Waals surface area contributed by atoms with E-state index in [9.17, 15) is 25.4 Å². The summed E-state index contributed by atoms with van der Waals surface area (Å²) in [5, 5.41) is 57.1. The number of hydrogen-bond acceptors (Lipinski definition) is 9. The van der Waals surface area contributed by atoms with Crippen molar-refractivity contribution in [2.24, 2.45) is 0 Å². The number of aromatic hydroxyl groups is 3. The van der Waals surface area contributed by atoms with Crippen LogP contribution in [0, 0.1) is 32.8 Å². The Labute approximate surface area is 121 Å². The molecule has 0 bridgehead atoms. The number of nitro groups is 1. The molecule has 3 N–H and O–H groups in total. The number of hydrogen-bond donors (Lipinski definition) is 3. The average molecular weight is 299 g/mol. The summed E-state index contributed by atoms with van der Waals surface area (Å²) in [5.74, 6) is -2.52. The molecule has 0 amide bonds. The number of nitriles is 2. The minimum absolute atomic E-state index is 0.159. The lowest BCUT2D eigenvalue weighted by Gasteiger charge is -2.06. The number of rotatable bonds is 2. The van der Waals surface area contributed by atoms with Crippen molar-refractivity contribution in [1.82, 2.24) is 9.97 Å². The molecule has 2 aromatic rings. The van der Waals surface area contributed by atoms with Gasteiger partial charge in [0.15, 0.2) is 17.1 Å². The van der Waals surface area contributed by atoms with Crippen molar-refractivity contribution in [3.05, 3.63) is 33.6 Å². The molecule has 0 aliphatic carbocycles. The van der Waals surface area contributed by atoms with Crippen molar-refractivity contribution in [2.45, 2.75) is 0 Å². The van der Waals surface area contributed by atoms with Crippen molar-refractivity contribution < 1.29 is 20.2 Å². The van der Waals surface area contributed by atoms with Crippen LogP contribution in [0.5, 0.6) is 17.4 Å². The molecule has 1 aromatic heterocycles. The lowest BCUT2D eigenvalue weighted by atomic mass is 10.1. The van der Waals surface area contributed by atoms with Gasteiger partial charge >= 0.3 is 5.69 Å². The van der Waals surface area contributed by atoms with Crippen molar-refractivity contribution in [2.75, 3.05) is 0 Å². The van der Waals surface area contributed by atoms with Gasteiger partial charge in [-0.25, -0.2) is 4.98 Å². The second-order valence-electron chi connectivity index (χ2n) is 3.94. The minimum Gasteiger partial charge on any atom is -0.504 e. The van der Waals surface area contributed by atoms with Gasteiger partial charge in [-0.2, -0.15) is 15.5 Å². The lowest BCUT2D eigenvalue weighted by Crippen LogP contribution is -1.98. The lowest BCUT2D eigenvalue weighted by molar-refractivity contribution is -0.385. The second kappa shape index (κ2) is 5.22. The van der Waals surface area contributed by atoms with E-state index in [-0.39, 0.29) is 11.3 Å². The van der Waals surface area contributed by atoms with E-state index >= 15 is 0 Å². The molecular weight excluding hydrogens is 294 g/mol. The van der Waals surface area contributed by atoms with Crippen LogP contribution in [-0.4, -0.2) is 30.2 Å². The predicted molar refractivity (Wildman–Crippen MR) is 68.5 cm³/mol. The van der Waals surface area contributed by atoms with Crippen molar-refractivity contribution in [3.63, 3.8) is 0 Å². The van der Waals surface area contributed by atoms with Gasteiger partial charge in [0.2, 0.25) is 11.6 Å². The van der Waals surface area contributed by atoms with Crippen molar-refractivity contribution >= 4 is 5.69 Å². The fraction of sp³-hybridized carbons (Fsp3) is 0. The van der Waals surface area contributed by atoms with E-state index in [1.54, 1.807) is 12.1 Å². The number of phenols is 2. The third-order valence-corrected chi connectivity index (χ3v) is 2.63. The first-order valence-electron chi connectivity index (χ1n) is 5.51. The van der Waals surface area contributed by atoms with Crippen LogP contribution in [0.2, 0.25) is 0 Å². The van der Waals surface area contributed by atoms with E-state index in [4.69, 9.17) is 10.5 Å². The van der Waals surface area contributed by atoms with E-state index in [1.807, 2.05) is 0 Å². The highest BCUT2D eigenvalue weighted by Crippen LogP contribution is 2.40. The molecule has 10 nitrogen and oxygen atoms in total. The second-order valence-corrected chi connectivity index (χ2v) is 3.94. The fourth-order valence-electron chi connectivity index (χ4n) is 1.66. The van der Waals surface area contributed by atoms with Crippen molar-refractivity contribution in [3.8, 4) is 40.8 Å². The third-order valence-electron chi connectivity index (χ3n) is 2.63. The van der Waals surface area contributed by atoms with Crippen LogP contribution in [0.3, 0.4) is 0 Å². The quantitative estimate of drug-likeness (QED) is 0.413. The zero-order chi connectivity index (χ0) is 16.4. The Bertz CT molecular complexity index is 881. The summed E-state index contributed by atoms with van der Waals surface area (Å²) in [6.07, 6.45) is 0. The van der Waals surface area contributed by atoms with Crippen LogP contribution in [0.1, 0.15) is 11.4 Å². The van der Waals surface area contributed by atoms with Gasteiger partial charge in [0, 0.05) is 11.6 Å². The number of nitrogens with zero attached hydrogens (tertiary/aromatic N) is 5. The molecule has 10 heteroatoms. The highest BCUT2D eigenvalue weighted by molar-refractivity contribution is 5.73. The number of benzene rings is 1. The predicted octanol–water partition coefficient (Wildman–Crippen LogP) is 0.912. The van der Waals surface area contributed by atoms with E-state index in [0.29, 0.717) is 0 Å². The zero-order valence-electron chi connectivity index (χ0n) is 10.5. The molecule has 0 radical (unpaired) electrons. The van der Waals surface area contributed by atoms with Gasteiger partial charge in [0.1, 0.15) is 17.8 Å². The van der Waals surface area contributed by atoms with Gasteiger partial charge in [-0.3, -0.25) is 10.1 Å². The molecule has 0 fully saturated rings. The summed E-state index contributed by atoms with van der Waals surface area (Å²) >= 11 is 0. The van der Waals surface area contributed by atoms with Gasteiger partial charge < -0.3 is 15.3 Å². The number of phenolic OH excluding ortho intramolecular Hbond substituents is 2. The molecule has 0 saturated heterocycles. The Morgan fingerprint density at radius 2 is 1.68 bits per heavy atom. The highest BCUT2D eigenvalue weighted by Gasteiger charge is 2.22. The third kappa shape index (κ3) is 2.28. The summed E-state index contributed by atoms with van der Waals surface area (Å²) in [7, 11) is 0. The molecule has 2 rings (SSSR count).